The van der Waals surface area contributed by atoms with Crippen LogP contribution in [0.4, 0.5) is 0 Å². The highest BCUT2D eigenvalue weighted by Crippen LogP contribution is 2.61. The molecule has 2 saturated carbocycles. The molecule has 2 N–H and O–H groups in total. The van der Waals surface area contributed by atoms with Crippen molar-refractivity contribution in [3.63, 3.8) is 0 Å². The van der Waals surface area contributed by atoms with Crippen LogP contribution in [0.2, 0.25) is 0 Å². The van der Waals surface area contributed by atoms with Crippen molar-refractivity contribution in [2.75, 3.05) is 13.1 Å². The van der Waals surface area contributed by atoms with Crippen molar-refractivity contribution in [2.24, 2.45) is 17.8 Å². The van der Waals surface area contributed by atoms with Crippen LogP contribution in [0.3, 0.4) is 0 Å². The van der Waals surface area contributed by atoms with Gasteiger partial charge in [-0.1, -0.05) is 6.92 Å². The van der Waals surface area contributed by atoms with E-state index in [1.165, 1.54) is 0 Å². The summed E-state index contributed by atoms with van der Waals surface area (Å²) in [4.78, 5) is 15.0. The molecule has 4 heteroatoms. The van der Waals surface area contributed by atoms with Gasteiger partial charge < -0.3 is 10.2 Å². The predicted molar refractivity (Wildman–Crippen MR) is 74.1 cm³/mol. The molecule has 2 heterocycles. The predicted octanol–water partition coefficient (Wildman–Crippen LogP) is 0.952. The standard InChI is InChI=1S/C16H25NO3/c1-10-9-15-11-4-2-6-17(15)7-3-5-16(15,20)12(14(10)19)8-13(11)18/h10-13,18,20H,2-9H2,1H3. The molecule has 4 aliphatic rings. The van der Waals surface area contributed by atoms with Crippen molar-refractivity contribution >= 4 is 5.78 Å². The molecule has 2 saturated heterocycles. The summed E-state index contributed by atoms with van der Waals surface area (Å²) in [5.41, 5.74) is -1.22. The highest BCUT2D eigenvalue weighted by molar-refractivity contribution is 5.86. The zero-order chi connectivity index (χ0) is 14.1. The highest BCUT2D eigenvalue weighted by atomic mass is 16.3. The van der Waals surface area contributed by atoms with Gasteiger partial charge in [-0.15, -0.1) is 0 Å². The third-order valence-corrected chi connectivity index (χ3v) is 6.82. The van der Waals surface area contributed by atoms with Gasteiger partial charge in [0.1, 0.15) is 5.78 Å². The van der Waals surface area contributed by atoms with Crippen LogP contribution in [0.25, 0.3) is 0 Å². The fourth-order valence-electron chi connectivity index (χ4n) is 6.14. The minimum atomic E-state index is -0.890. The largest absolute Gasteiger partial charge is 0.393 e. The van der Waals surface area contributed by atoms with E-state index in [-0.39, 0.29) is 29.1 Å². The third kappa shape index (κ3) is 1.31. The van der Waals surface area contributed by atoms with Crippen LogP contribution in [0.1, 0.15) is 45.4 Å². The van der Waals surface area contributed by atoms with E-state index in [4.69, 9.17) is 0 Å². The maximum atomic E-state index is 12.6. The molecule has 0 aromatic carbocycles. The molecule has 6 unspecified atom stereocenters. The van der Waals surface area contributed by atoms with Crippen molar-refractivity contribution in [1.82, 2.24) is 4.90 Å². The van der Waals surface area contributed by atoms with Crippen LogP contribution < -0.4 is 0 Å². The van der Waals surface area contributed by atoms with Gasteiger partial charge in [0.15, 0.2) is 0 Å². The Morgan fingerprint density at radius 1 is 1.30 bits per heavy atom. The van der Waals surface area contributed by atoms with Crippen molar-refractivity contribution in [2.45, 2.75) is 62.7 Å². The maximum Gasteiger partial charge on any atom is 0.141 e. The molecular formula is C16H25NO3. The van der Waals surface area contributed by atoms with Gasteiger partial charge in [0, 0.05) is 11.8 Å². The molecule has 112 valence electrons. The Morgan fingerprint density at radius 3 is 2.85 bits per heavy atom. The summed E-state index contributed by atoms with van der Waals surface area (Å²) in [5, 5.41) is 22.1. The van der Waals surface area contributed by atoms with Crippen molar-refractivity contribution < 1.29 is 15.0 Å². The Morgan fingerprint density at radius 2 is 2.05 bits per heavy atom. The lowest BCUT2D eigenvalue weighted by molar-refractivity contribution is -0.268. The Labute approximate surface area is 120 Å². The van der Waals surface area contributed by atoms with Crippen LogP contribution >= 0.6 is 0 Å². The number of Topliss-reactive ketones (excluding diaryl/α,β-unsaturated/α-hetero) is 1. The lowest BCUT2D eigenvalue weighted by atomic mass is 9.45. The summed E-state index contributed by atoms with van der Waals surface area (Å²) in [5.74, 6) is 0.00349. The number of hydrogen-bond acceptors (Lipinski definition) is 4. The molecule has 0 amide bonds. The highest BCUT2D eigenvalue weighted by Gasteiger charge is 2.71. The van der Waals surface area contributed by atoms with E-state index in [1.807, 2.05) is 6.92 Å². The fraction of sp³-hybridized carbons (Fsp3) is 0.938. The lowest BCUT2D eigenvalue weighted by Crippen LogP contribution is -2.81. The maximum absolute atomic E-state index is 12.6. The smallest absolute Gasteiger partial charge is 0.141 e. The first-order valence-electron chi connectivity index (χ1n) is 8.20. The molecule has 2 aliphatic heterocycles. The van der Waals surface area contributed by atoms with E-state index in [9.17, 15) is 15.0 Å². The minimum Gasteiger partial charge on any atom is -0.393 e. The molecule has 4 fully saturated rings. The molecule has 20 heavy (non-hydrogen) atoms. The molecule has 4 nitrogen and oxygen atoms in total. The number of aliphatic hydroxyl groups is 2. The molecule has 1 spiro atoms. The fourth-order valence-corrected chi connectivity index (χ4v) is 6.14. The van der Waals surface area contributed by atoms with Crippen LogP contribution in [0.15, 0.2) is 0 Å². The first-order chi connectivity index (χ1) is 9.50. The summed E-state index contributed by atoms with van der Waals surface area (Å²) in [6.07, 6.45) is 4.59. The zero-order valence-corrected chi connectivity index (χ0v) is 12.2. The van der Waals surface area contributed by atoms with E-state index in [1.54, 1.807) is 0 Å². The van der Waals surface area contributed by atoms with Gasteiger partial charge in [-0.05, 0) is 51.6 Å². The summed E-state index contributed by atoms with van der Waals surface area (Å²) < 4.78 is 0. The van der Waals surface area contributed by atoms with Crippen LogP contribution in [-0.2, 0) is 4.79 Å². The van der Waals surface area contributed by atoms with Crippen LogP contribution in [0.5, 0.6) is 0 Å². The quantitative estimate of drug-likeness (QED) is 0.693. The summed E-state index contributed by atoms with van der Waals surface area (Å²) in [6, 6.07) is 0. The third-order valence-electron chi connectivity index (χ3n) is 6.82. The second kappa shape index (κ2) is 4.05. The van der Waals surface area contributed by atoms with Gasteiger partial charge in [-0.2, -0.15) is 0 Å². The molecule has 0 radical (unpaired) electrons. The molecule has 2 bridgehead atoms. The number of ketones is 1. The number of rotatable bonds is 0. The number of aliphatic hydroxyl groups excluding tert-OH is 1. The number of carbonyl (C=O) groups is 1. The minimum absolute atomic E-state index is 0.0222. The number of piperidine rings is 2. The second-order valence-electron chi connectivity index (χ2n) is 7.55. The van der Waals surface area contributed by atoms with Gasteiger partial charge in [-0.25, -0.2) is 0 Å². The molecule has 0 aromatic rings. The van der Waals surface area contributed by atoms with E-state index in [0.717, 1.165) is 45.2 Å². The van der Waals surface area contributed by atoms with Gasteiger partial charge in [0.25, 0.3) is 0 Å². The number of carbonyl (C=O) groups excluding carboxylic acids is 1. The van der Waals surface area contributed by atoms with E-state index in [2.05, 4.69) is 4.90 Å². The summed E-state index contributed by atoms with van der Waals surface area (Å²) in [7, 11) is 0. The average molecular weight is 279 g/mol. The van der Waals surface area contributed by atoms with Crippen LogP contribution in [-0.4, -0.2) is 51.2 Å². The molecule has 0 aromatic heterocycles. The van der Waals surface area contributed by atoms with Gasteiger partial charge in [0.05, 0.1) is 23.2 Å². The zero-order valence-electron chi connectivity index (χ0n) is 12.2. The van der Waals surface area contributed by atoms with Gasteiger partial charge in [-0.3, -0.25) is 9.69 Å². The van der Waals surface area contributed by atoms with E-state index in [0.29, 0.717) is 6.42 Å². The van der Waals surface area contributed by atoms with Gasteiger partial charge in [0.2, 0.25) is 0 Å². The summed E-state index contributed by atoms with van der Waals surface area (Å²) in [6.45, 7) is 4.04. The molecule has 6 atom stereocenters. The Balaban J connectivity index is 1.90. The lowest BCUT2D eigenvalue weighted by Gasteiger charge is -2.70. The van der Waals surface area contributed by atoms with Crippen molar-refractivity contribution in [3.8, 4) is 0 Å². The SMILES string of the molecule is CC1CC23C4CCCN2CCCC3(O)C(CC4O)C1=O. The van der Waals surface area contributed by atoms with Crippen molar-refractivity contribution in [1.29, 1.82) is 0 Å². The van der Waals surface area contributed by atoms with Crippen molar-refractivity contribution in [3.05, 3.63) is 0 Å². The Hall–Kier alpha value is -0.450. The first-order valence-corrected chi connectivity index (χ1v) is 8.20. The van der Waals surface area contributed by atoms with E-state index < -0.39 is 11.7 Å². The second-order valence-corrected chi connectivity index (χ2v) is 7.55. The Kier molecular flexibility index (Phi) is 2.68. The number of hydrogen-bond donors (Lipinski definition) is 2. The summed E-state index contributed by atoms with van der Waals surface area (Å²) >= 11 is 0. The number of nitrogens with zero attached hydrogens (tertiary/aromatic N) is 1. The van der Waals surface area contributed by atoms with E-state index >= 15 is 0 Å². The average Bonchev–Trinajstić information content (AvgIpc) is 2.41. The Bertz CT molecular complexity index is 451. The topological polar surface area (TPSA) is 60.8 Å². The van der Waals surface area contributed by atoms with Crippen LogP contribution in [0, 0.1) is 17.8 Å². The molecule has 4 rings (SSSR count). The molecular weight excluding hydrogens is 254 g/mol. The molecule has 2 aliphatic carbocycles. The van der Waals surface area contributed by atoms with Gasteiger partial charge >= 0.3 is 0 Å². The normalized spacial score (nSPS) is 55.5. The first kappa shape index (κ1) is 13.2. The monoisotopic (exact) mass is 279 g/mol.